The Morgan fingerprint density at radius 2 is 1.89 bits per heavy atom. The number of carbonyl (C=O) groups excluding carboxylic acids is 1. The second kappa shape index (κ2) is 14.2. The van der Waals surface area contributed by atoms with Crippen molar-refractivity contribution in [2.75, 3.05) is 52.5 Å². The number of fused-ring (bicyclic) bond motifs is 1. The molecule has 0 spiro atoms. The zero-order valence-corrected chi connectivity index (χ0v) is 26.4. The second-order valence-electron chi connectivity index (χ2n) is 12.4. The Kier molecular flexibility index (Phi) is 10.3. The summed E-state index contributed by atoms with van der Waals surface area (Å²) in [5, 5.41) is 7.38. The molecule has 2 aliphatic rings. The zero-order chi connectivity index (χ0) is 32.1. The maximum Gasteiger partial charge on any atom is 0.246 e. The lowest BCUT2D eigenvalue weighted by Crippen LogP contribution is -2.48. The first kappa shape index (κ1) is 32.7. The van der Waals surface area contributed by atoms with Gasteiger partial charge in [0, 0.05) is 81.3 Å². The lowest BCUT2D eigenvalue weighted by atomic mass is 9.82. The number of aromatic nitrogens is 2. The molecule has 2 aliphatic heterocycles. The topological polar surface area (TPSA) is 71.9 Å². The third kappa shape index (κ3) is 8.14. The molecular formula is C34H42F3N5O3. The normalized spacial score (nSPS) is 19.2. The Morgan fingerprint density at radius 1 is 1.16 bits per heavy atom. The van der Waals surface area contributed by atoms with Crippen LogP contribution in [0.3, 0.4) is 0 Å². The molecule has 8 nitrogen and oxygen atoms in total. The van der Waals surface area contributed by atoms with E-state index in [-0.39, 0.29) is 36.4 Å². The number of aryl methyl sites for hydroxylation is 1. The molecule has 3 aromatic rings. The number of nitrogens with zero attached hydrogens (tertiary/aromatic N) is 4. The first-order valence-corrected chi connectivity index (χ1v) is 15.4. The van der Waals surface area contributed by atoms with E-state index >= 15 is 13.2 Å². The van der Waals surface area contributed by atoms with Gasteiger partial charge in [0.1, 0.15) is 29.7 Å². The van der Waals surface area contributed by atoms with Crippen molar-refractivity contribution in [2.45, 2.75) is 44.9 Å². The number of rotatable bonds is 11. The number of hydrogen-bond acceptors (Lipinski definition) is 6. The molecule has 1 aromatic heterocycles. The van der Waals surface area contributed by atoms with Crippen molar-refractivity contribution in [1.82, 2.24) is 24.9 Å². The number of alkyl halides is 1. The van der Waals surface area contributed by atoms with Crippen LogP contribution in [0.1, 0.15) is 43.5 Å². The fraction of sp³-hybridized carbons (Fsp3) is 0.471. The quantitative estimate of drug-likeness (QED) is 0.243. The van der Waals surface area contributed by atoms with Crippen LogP contribution in [0.2, 0.25) is 0 Å². The summed E-state index contributed by atoms with van der Waals surface area (Å²) in [4.78, 5) is 15.8. The Labute approximate surface area is 262 Å². The van der Waals surface area contributed by atoms with Gasteiger partial charge < -0.3 is 19.7 Å². The summed E-state index contributed by atoms with van der Waals surface area (Å²) in [6, 6.07) is 7.27. The highest BCUT2D eigenvalue weighted by Crippen LogP contribution is 2.43. The molecule has 1 saturated heterocycles. The Morgan fingerprint density at radius 3 is 2.56 bits per heavy atom. The van der Waals surface area contributed by atoms with Crippen molar-refractivity contribution >= 4 is 5.91 Å². The first-order valence-electron chi connectivity index (χ1n) is 15.4. The van der Waals surface area contributed by atoms with E-state index in [9.17, 15) is 4.79 Å². The molecule has 5 rings (SSSR count). The minimum absolute atomic E-state index is 0.0118. The monoisotopic (exact) mass is 625 g/mol. The third-order valence-corrected chi connectivity index (χ3v) is 8.17. The molecule has 242 valence electrons. The van der Waals surface area contributed by atoms with Gasteiger partial charge >= 0.3 is 0 Å². The average molecular weight is 626 g/mol. The third-order valence-electron chi connectivity index (χ3n) is 8.17. The number of nitrogens with one attached hydrogen (secondary N) is 1. The van der Waals surface area contributed by atoms with Gasteiger partial charge in [-0.05, 0) is 43.9 Å². The average Bonchev–Trinajstić information content (AvgIpc) is 3.43. The van der Waals surface area contributed by atoms with Crippen LogP contribution in [-0.2, 0) is 23.0 Å². The van der Waals surface area contributed by atoms with E-state index in [2.05, 4.69) is 10.4 Å². The summed E-state index contributed by atoms with van der Waals surface area (Å²) in [6.45, 7) is 8.23. The van der Waals surface area contributed by atoms with Gasteiger partial charge in [0.15, 0.2) is 0 Å². The number of benzene rings is 2. The standard InChI is InChI=1S/C34H42F3N5O3/c1-23-16-25-17-24(26-20-39-40(4)21-26)7-8-28(25)33(42(23)22-34(2,3)37)32-29(35)18-27(19-30(32)36)45-13-10-38-9-5-6-31(43)41-11-14-44-15-12-41/h5-8,17-21,23,33,38H,9-16,22H2,1-4H3/b6-5+/t23-,33+/m1/s1. The zero-order valence-electron chi connectivity index (χ0n) is 26.4. The molecule has 2 aromatic carbocycles. The minimum atomic E-state index is -1.58. The van der Waals surface area contributed by atoms with Gasteiger partial charge in [0.25, 0.3) is 0 Å². The highest BCUT2D eigenvalue weighted by molar-refractivity contribution is 5.87. The predicted octanol–water partition coefficient (Wildman–Crippen LogP) is 4.83. The van der Waals surface area contributed by atoms with Crippen LogP contribution < -0.4 is 10.1 Å². The van der Waals surface area contributed by atoms with Crippen molar-refractivity contribution in [3.8, 4) is 16.9 Å². The van der Waals surface area contributed by atoms with Gasteiger partial charge in [-0.3, -0.25) is 14.4 Å². The van der Waals surface area contributed by atoms with E-state index < -0.39 is 23.3 Å². The van der Waals surface area contributed by atoms with Crippen LogP contribution in [0.5, 0.6) is 5.75 Å². The lowest BCUT2D eigenvalue weighted by molar-refractivity contribution is -0.129. The molecule has 1 fully saturated rings. The second-order valence-corrected chi connectivity index (χ2v) is 12.4. The highest BCUT2D eigenvalue weighted by Gasteiger charge is 2.39. The number of carbonyl (C=O) groups is 1. The van der Waals surface area contributed by atoms with Crippen LogP contribution in [-0.4, -0.2) is 89.7 Å². The fourth-order valence-electron chi connectivity index (χ4n) is 6.05. The molecule has 0 bridgehead atoms. The van der Waals surface area contributed by atoms with E-state index in [0.717, 1.165) is 22.3 Å². The maximum absolute atomic E-state index is 15.9. The summed E-state index contributed by atoms with van der Waals surface area (Å²) < 4.78 is 59.4. The van der Waals surface area contributed by atoms with Crippen LogP contribution in [0.15, 0.2) is 54.9 Å². The van der Waals surface area contributed by atoms with Gasteiger partial charge in [-0.2, -0.15) is 5.10 Å². The fourth-order valence-corrected chi connectivity index (χ4v) is 6.05. The smallest absolute Gasteiger partial charge is 0.246 e. The van der Waals surface area contributed by atoms with Crippen molar-refractivity contribution in [1.29, 1.82) is 0 Å². The predicted molar refractivity (Wildman–Crippen MR) is 167 cm³/mol. The van der Waals surface area contributed by atoms with E-state index in [1.54, 1.807) is 21.9 Å². The molecule has 0 aliphatic carbocycles. The van der Waals surface area contributed by atoms with Gasteiger partial charge in [-0.1, -0.05) is 24.3 Å². The molecule has 2 atom stereocenters. The van der Waals surface area contributed by atoms with Gasteiger partial charge in [0.05, 0.1) is 25.5 Å². The highest BCUT2D eigenvalue weighted by atomic mass is 19.1. The van der Waals surface area contributed by atoms with Crippen molar-refractivity contribution in [3.63, 3.8) is 0 Å². The number of halogens is 3. The summed E-state index contributed by atoms with van der Waals surface area (Å²) in [7, 11) is 1.85. The van der Waals surface area contributed by atoms with E-state index in [1.165, 1.54) is 32.1 Å². The molecule has 0 unspecified atom stereocenters. The molecule has 45 heavy (non-hydrogen) atoms. The Hall–Kier alpha value is -3.67. The number of amides is 1. The van der Waals surface area contributed by atoms with E-state index in [1.807, 2.05) is 43.3 Å². The van der Waals surface area contributed by atoms with E-state index in [0.29, 0.717) is 45.8 Å². The summed E-state index contributed by atoms with van der Waals surface area (Å²) in [5.41, 5.74) is 1.93. The minimum Gasteiger partial charge on any atom is -0.492 e. The largest absolute Gasteiger partial charge is 0.492 e. The van der Waals surface area contributed by atoms with Gasteiger partial charge in [0.2, 0.25) is 5.91 Å². The number of morpholine rings is 1. The van der Waals surface area contributed by atoms with Gasteiger partial charge in [-0.15, -0.1) is 0 Å². The van der Waals surface area contributed by atoms with Crippen molar-refractivity contribution < 1.29 is 27.4 Å². The number of hydrogen-bond donors (Lipinski definition) is 1. The molecule has 1 amide bonds. The molecule has 0 radical (unpaired) electrons. The maximum atomic E-state index is 15.9. The van der Waals surface area contributed by atoms with Crippen molar-refractivity contribution in [2.24, 2.45) is 7.05 Å². The Balaban J connectivity index is 1.29. The number of ether oxygens (including phenoxy) is 2. The lowest BCUT2D eigenvalue weighted by Gasteiger charge is -2.44. The van der Waals surface area contributed by atoms with Crippen LogP contribution in [0.25, 0.3) is 11.1 Å². The molecular weight excluding hydrogens is 583 g/mol. The Bertz CT molecular complexity index is 1490. The van der Waals surface area contributed by atoms with Crippen LogP contribution in [0.4, 0.5) is 13.2 Å². The summed E-state index contributed by atoms with van der Waals surface area (Å²) >= 11 is 0. The molecule has 0 saturated carbocycles. The SMILES string of the molecule is C[C@@H]1Cc2cc(-c3cnn(C)c3)ccc2[C@@H](c2c(F)cc(OCCNC/C=C/C(=O)N3CCOCC3)cc2F)N1CC(C)(C)F. The molecule has 3 heterocycles. The molecule has 11 heteroatoms. The van der Waals surface area contributed by atoms with Gasteiger partial charge in [-0.25, -0.2) is 13.2 Å². The molecule has 1 N–H and O–H groups in total. The van der Waals surface area contributed by atoms with Crippen molar-refractivity contribution in [3.05, 3.63) is 83.2 Å². The van der Waals surface area contributed by atoms with Crippen LogP contribution in [0, 0.1) is 11.6 Å². The summed E-state index contributed by atoms with van der Waals surface area (Å²) in [6.07, 6.45) is 7.58. The summed E-state index contributed by atoms with van der Waals surface area (Å²) in [5.74, 6) is -1.47. The van der Waals surface area contributed by atoms with E-state index in [4.69, 9.17) is 9.47 Å². The van der Waals surface area contributed by atoms with Crippen LogP contribution >= 0.6 is 0 Å². The first-order chi connectivity index (χ1) is 21.5.